The summed E-state index contributed by atoms with van der Waals surface area (Å²) >= 11 is 0. The second-order valence-electron chi connectivity index (χ2n) is 3.96. The van der Waals surface area contributed by atoms with Crippen LogP contribution < -0.4 is 0 Å². The molecule has 2 atom stereocenters. The number of hydrogen-bond donors (Lipinski definition) is 1. The first kappa shape index (κ1) is 11.8. The highest BCUT2D eigenvalue weighted by atomic mass is 16.5. The van der Waals surface area contributed by atoms with Crippen molar-refractivity contribution in [3.8, 4) is 0 Å². The molecule has 0 radical (unpaired) electrons. The van der Waals surface area contributed by atoms with E-state index >= 15 is 0 Å². The number of ether oxygens (including phenoxy) is 1. The highest BCUT2D eigenvalue weighted by molar-refractivity contribution is 5.83. The molecule has 1 N–H and O–H groups in total. The Bertz CT molecular complexity index is 280. The van der Waals surface area contributed by atoms with Crippen molar-refractivity contribution in [2.24, 2.45) is 11.8 Å². The lowest BCUT2D eigenvalue weighted by Gasteiger charge is -2.23. The van der Waals surface area contributed by atoms with E-state index in [1.807, 2.05) is 6.08 Å². The molecule has 0 amide bonds. The number of allylic oxidation sites excluding steroid dienone is 1. The van der Waals surface area contributed by atoms with Crippen molar-refractivity contribution in [1.82, 2.24) is 0 Å². The average molecular weight is 212 g/mol. The van der Waals surface area contributed by atoms with Crippen molar-refractivity contribution in [2.75, 3.05) is 0 Å². The number of aliphatic carboxylic acids is 1. The molecule has 0 bridgehead atoms. The predicted octanol–water partition coefficient (Wildman–Crippen LogP) is 1.60. The number of esters is 1. The average Bonchev–Trinajstić information content (AvgIpc) is 2.16. The molecule has 1 rings (SSSR count). The van der Waals surface area contributed by atoms with Crippen LogP contribution >= 0.6 is 0 Å². The molecule has 0 saturated carbocycles. The van der Waals surface area contributed by atoms with Crippen LogP contribution in [-0.4, -0.2) is 23.1 Å². The van der Waals surface area contributed by atoms with E-state index in [2.05, 4.69) is 0 Å². The third-order valence-corrected chi connectivity index (χ3v) is 2.36. The molecule has 4 heteroatoms. The van der Waals surface area contributed by atoms with E-state index in [0.29, 0.717) is 12.8 Å². The predicted molar refractivity (Wildman–Crippen MR) is 54.2 cm³/mol. The van der Waals surface area contributed by atoms with Gasteiger partial charge in [0, 0.05) is 0 Å². The lowest BCUT2D eigenvalue weighted by Crippen LogP contribution is -2.32. The summed E-state index contributed by atoms with van der Waals surface area (Å²) in [5.41, 5.74) is 0. The minimum absolute atomic E-state index is 0.206. The second kappa shape index (κ2) is 4.96. The van der Waals surface area contributed by atoms with Crippen LogP contribution in [0.3, 0.4) is 0 Å². The fraction of sp³-hybridized carbons (Fsp3) is 0.636. The minimum atomic E-state index is -0.926. The Labute approximate surface area is 88.9 Å². The lowest BCUT2D eigenvalue weighted by atomic mass is 9.84. The summed E-state index contributed by atoms with van der Waals surface area (Å²) in [6, 6.07) is 0. The van der Waals surface area contributed by atoms with Crippen molar-refractivity contribution in [3.63, 3.8) is 0 Å². The summed E-state index contributed by atoms with van der Waals surface area (Å²) in [4.78, 5) is 22.5. The van der Waals surface area contributed by atoms with Crippen molar-refractivity contribution >= 4 is 11.9 Å². The van der Waals surface area contributed by atoms with Gasteiger partial charge in [-0.3, -0.25) is 9.59 Å². The summed E-state index contributed by atoms with van der Waals surface area (Å²) in [6.07, 6.45) is 4.49. The van der Waals surface area contributed by atoms with Gasteiger partial charge < -0.3 is 9.84 Å². The van der Waals surface area contributed by atoms with E-state index in [0.717, 1.165) is 0 Å². The Hall–Kier alpha value is -1.32. The number of carbonyl (C=O) groups excluding carboxylic acids is 1. The molecule has 15 heavy (non-hydrogen) atoms. The molecule has 0 aromatic rings. The van der Waals surface area contributed by atoms with Gasteiger partial charge in [0.05, 0.1) is 17.9 Å². The fourth-order valence-electron chi connectivity index (χ4n) is 1.66. The third kappa shape index (κ3) is 3.08. The minimum Gasteiger partial charge on any atom is -0.481 e. The first-order valence-electron chi connectivity index (χ1n) is 5.12. The maximum absolute atomic E-state index is 11.6. The van der Waals surface area contributed by atoms with Crippen LogP contribution in [0.5, 0.6) is 0 Å². The molecule has 0 aromatic carbocycles. The summed E-state index contributed by atoms with van der Waals surface area (Å²) in [5, 5.41) is 8.95. The van der Waals surface area contributed by atoms with Crippen LogP contribution in [0.25, 0.3) is 0 Å². The number of hydrogen-bond acceptors (Lipinski definition) is 3. The van der Waals surface area contributed by atoms with Crippen LogP contribution in [-0.2, 0) is 14.3 Å². The lowest BCUT2D eigenvalue weighted by molar-refractivity contribution is -0.158. The summed E-state index contributed by atoms with van der Waals surface area (Å²) < 4.78 is 5.02. The summed E-state index contributed by atoms with van der Waals surface area (Å²) in [5.74, 6) is -2.63. The highest BCUT2D eigenvalue weighted by Crippen LogP contribution is 2.26. The Morgan fingerprint density at radius 1 is 1.47 bits per heavy atom. The van der Waals surface area contributed by atoms with Gasteiger partial charge in [-0.2, -0.15) is 0 Å². The summed E-state index contributed by atoms with van der Waals surface area (Å²) in [6.45, 7) is 3.50. The van der Waals surface area contributed by atoms with E-state index in [9.17, 15) is 9.59 Å². The van der Waals surface area contributed by atoms with Crippen LogP contribution in [0.15, 0.2) is 12.2 Å². The highest BCUT2D eigenvalue weighted by Gasteiger charge is 2.34. The number of carbonyl (C=O) groups is 2. The van der Waals surface area contributed by atoms with Crippen LogP contribution in [0, 0.1) is 11.8 Å². The van der Waals surface area contributed by atoms with Crippen molar-refractivity contribution in [2.45, 2.75) is 32.8 Å². The van der Waals surface area contributed by atoms with E-state index in [1.54, 1.807) is 19.9 Å². The van der Waals surface area contributed by atoms with Gasteiger partial charge in [0.25, 0.3) is 0 Å². The topological polar surface area (TPSA) is 63.6 Å². The van der Waals surface area contributed by atoms with Crippen LogP contribution in [0.2, 0.25) is 0 Å². The molecule has 2 unspecified atom stereocenters. The number of carboxylic acids is 1. The molecule has 0 spiro atoms. The molecular weight excluding hydrogens is 196 g/mol. The van der Waals surface area contributed by atoms with Gasteiger partial charge in [-0.05, 0) is 26.7 Å². The molecule has 0 aromatic heterocycles. The molecule has 4 nitrogen and oxygen atoms in total. The first-order chi connectivity index (χ1) is 7.02. The van der Waals surface area contributed by atoms with E-state index in [1.165, 1.54) is 0 Å². The first-order valence-corrected chi connectivity index (χ1v) is 5.12. The Morgan fingerprint density at radius 3 is 2.67 bits per heavy atom. The SMILES string of the molecule is CC(C)OC(=O)C1C=CCCC1C(=O)O. The molecule has 0 saturated heterocycles. The molecule has 0 heterocycles. The van der Waals surface area contributed by atoms with E-state index < -0.39 is 23.8 Å². The van der Waals surface area contributed by atoms with Gasteiger partial charge in [-0.25, -0.2) is 0 Å². The van der Waals surface area contributed by atoms with Gasteiger partial charge in [0.1, 0.15) is 0 Å². The molecule has 1 aliphatic rings. The van der Waals surface area contributed by atoms with Crippen molar-refractivity contribution in [3.05, 3.63) is 12.2 Å². The van der Waals surface area contributed by atoms with Crippen molar-refractivity contribution in [1.29, 1.82) is 0 Å². The fourth-order valence-corrected chi connectivity index (χ4v) is 1.66. The maximum atomic E-state index is 11.6. The van der Waals surface area contributed by atoms with Gasteiger partial charge in [0.15, 0.2) is 0 Å². The molecule has 84 valence electrons. The summed E-state index contributed by atoms with van der Waals surface area (Å²) in [7, 11) is 0. The quantitative estimate of drug-likeness (QED) is 0.570. The van der Waals surface area contributed by atoms with E-state index in [4.69, 9.17) is 9.84 Å². The number of rotatable bonds is 3. The third-order valence-electron chi connectivity index (χ3n) is 2.36. The second-order valence-corrected chi connectivity index (χ2v) is 3.96. The Morgan fingerprint density at radius 2 is 2.13 bits per heavy atom. The number of carboxylic acid groups (broad SMARTS) is 1. The largest absolute Gasteiger partial charge is 0.481 e. The van der Waals surface area contributed by atoms with Crippen LogP contribution in [0.4, 0.5) is 0 Å². The Kier molecular flexibility index (Phi) is 3.88. The van der Waals surface area contributed by atoms with E-state index in [-0.39, 0.29) is 6.10 Å². The zero-order chi connectivity index (χ0) is 11.4. The monoisotopic (exact) mass is 212 g/mol. The maximum Gasteiger partial charge on any atom is 0.313 e. The van der Waals surface area contributed by atoms with Gasteiger partial charge in [-0.15, -0.1) is 0 Å². The molecular formula is C11H16O4. The normalized spacial score (nSPS) is 25.3. The smallest absolute Gasteiger partial charge is 0.313 e. The van der Waals surface area contributed by atoms with Crippen molar-refractivity contribution < 1.29 is 19.4 Å². The van der Waals surface area contributed by atoms with Gasteiger partial charge in [-0.1, -0.05) is 12.2 Å². The van der Waals surface area contributed by atoms with Gasteiger partial charge >= 0.3 is 11.9 Å². The molecule has 1 aliphatic carbocycles. The van der Waals surface area contributed by atoms with Gasteiger partial charge in [0.2, 0.25) is 0 Å². The molecule has 0 aliphatic heterocycles. The zero-order valence-corrected chi connectivity index (χ0v) is 8.97. The zero-order valence-electron chi connectivity index (χ0n) is 8.97. The van der Waals surface area contributed by atoms with Crippen LogP contribution in [0.1, 0.15) is 26.7 Å². The standard InChI is InChI=1S/C11H16O4/c1-7(2)15-11(14)9-6-4-3-5-8(9)10(12)13/h4,6-9H,3,5H2,1-2H3,(H,12,13). The Balaban J connectivity index is 2.71. The molecule has 0 fully saturated rings.